The molecule has 0 bridgehead atoms. The zero-order valence-corrected chi connectivity index (χ0v) is 25.8. The molecule has 1 aliphatic rings. The number of hydrogen-bond donors (Lipinski definition) is 3. The molecule has 1 aromatic heterocycles. The predicted molar refractivity (Wildman–Crippen MR) is 168 cm³/mol. The van der Waals surface area contributed by atoms with Crippen molar-refractivity contribution in [2.75, 3.05) is 25.0 Å². The topological polar surface area (TPSA) is 107 Å². The number of anilines is 1. The number of alkyl halides is 3. The summed E-state index contributed by atoms with van der Waals surface area (Å²) >= 11 is 0. The molecule has 13 heteroatoms. The third-order valence-corrected chi connectivity index (χ3v) is 8.37. The maximum atomic E-state index is 14.1. The smallest absolute Gasteiger partial charge is 0.471 e. The highest BCUT2D eigenvalue weighted by Crippen LogP contribution is 2.30. The highest BCUT2D eigenvalue weighted by Gasteiger charge is 2.38. The van der Waals surface area contributed by atoms with Gasteiger partial charge >= 0.3 is 18.1 Å². The minimum atomic E-state index is -4.98. The molecule has 0 radical (unpaired) electrons. The first-order chi connectivity index (χ1) is 22.4. The first-order valence-corrected chi connectivity index (χ1v) is 15.2. The number of aromatic nitrogens is 1. The van der Waals surface area contributed by atoms with E-state index in [0.29, 0.717) is 42.9 Å². The van der Waals surface area contributed by atoms with E-state index in [4.69, 9.17) is 4.74 Å². The molecule has 1 saturated heterocycles. The van der Waals surface area contributed by atoms with E-state index < -0.39 is 36.0 Å². The Morgan fingerprint density at radius 3 is 2.32 bits per heavy atom. The first kappa shape index (κ1) is 33.3. The number of aromatic amines is 1. The molecular formula is C34H35F4N5O4. The largest absolute Gasteiger partial charge is 0.490 e. The second-order valence-electron chi connectivity index (χ2n) is 11.5. The number of amides is 4. The summed E-state index contributed by atoms with van der Waals surface area (Å²) in [7, 11) is 1.56. The lowest BCUT2D eigenvalue weighted by Crippen LogP contribution is -2.55. The van der Waals surface area contributed by atoms with Gasteiger partial charge in [-0.05, 0) is 53.6 Å². The zero-order chi connectivity index (χ0) is 33.7. The van der Waals surface area contributed by atoms with E-state index >= 15 is 0 Å². The Bertz CT molecular complexity index is 1700. The summed E-state index contributed by atoms with van der Waals surface area (Å²) in [4.78, 5) is 45.1. The number of likely N-dealkylation sites (tertiary alicyclic amines) is 1. The number of carbonyl (C=O) groups excluding carboxylic acids is 3. The molecule has 0 aliphatic carbocycles. The SMILES string of the molecule is CC(c1c[nH]c2ccccc12)C(NC(=O)N1CCC(Oc2ccc(F)cc2)CC1)C(=O)N(C)c1ccc(CNC(=O)C(F)(F)F)cc1. The molecule has 47 heavy (non-hydrogen) atoms. The normalized spacial score (nSPS) is 15.1. The summed E-state index contributed by atoms with van der Waals surface area (Å²) in [6.45, 7) is 2.31. The van der Waals surface area contributed by atoms with Gasteiger partial charge in [0.1, 0.15) is 23.7 Å². The van der Waals surface area contributed by atoms with Crippen LogP contribution in [0.1, 0.15) is 36.8 Å². The predicted octanol–water partition coefficient (Wildman–Crippen LogP) is 5.87. The minimum Gasteiger partial charge on any atom is -0.490 e. The van der Waals surface area contributed by atoms with Crippen molar-refractivity contribution in [3.05, 3.63) is 95.9 Å². The minimum absolute atomic E-state index is 0.150. The number of ether oxygens (including phenoxy) is 1. The Labute approximate surface area is 268 Å². The third kappa shape index (κ3) is 8.02. The fourth-order valence-electron chi connectivity index (χ4n) is 5.61. The Balaban J connectivity index is 1.29. The van der Waals surface area contributed by atoms with Gasteiger partial charge in [-0.15, -0.1) is 0 Å². The number of rotatable bonds is 9. The maximum absolute atomic E-state index is 14.1. The molecule has 3 aromatic carbocycles. The van der Waals surface area contributed by atoms with E-state index in [-0.39, 0.29) is 18.5 Å². The highest BCUT2D eigenvalue weighted by molar-refractivity contribution is 6.00. The van der Waals surface area contributed by atoms with Crippen molar-refractivity contribution in [1.29, 1.82) is 0 Å². The lowest BCUT2D eigenvalue weighted by Gasteiger charge is -2.35. The number of piperidine rings is 1. The fraction of sp³-hybridized carbons (Fsp3) is 0.324. The highest BCUT2D eigenvalue weighted by atomic mass is 19.4. The van der Waals surface area contributed by atoms with Gasteiger partial charge in [-0.3, -0.25) is 9.59 Å². The number of fused-ring (bicyclic) bond motifs is 1. The summed E-state index contributed by atoms with van der Waals surface area (Å²) in [6, 6.07) is 18.2. The monoisotopic (exact) mass is 653 g/mol. The van der Waals surface area contributed by atoms with Crippen LogP contribution in [0.3, 0.4) is 0 Å². The van der Waals surface area contributed by atoms with Crippen molar-refractivity contribution in [3.8, 4) is 5.75 Å². The summed E-state index contributed by atoms with van der Waals surface area (Å²) in [6.07, 6.45) is -2.21. The van der Waals surface area contributed by atoms with E-state index in [1.165, 1.54) is 29.2 Å². The van der Waals surface area contributed by atoms with E-state index in [2.05, 4.69) is 10.3 Å². The Morgan fingerprint density at radius 1 is 1.00 bits per heavy atom. The number of H-pyrrole nitrogens is 1. The Kier molecular flexibility index (Phi) is 10.0. The second-order valence-corrected chi connectivity index (χ2v) is 11.5. The van der Waals surface area contributed by atoms with Crippen molar-refractivity contribution >= 4 is 34.4 Å². The van der Waals surface area contributed by atoms with Gasteiger partial charge in [0.2, 0.25) is 5.91 Å². The average molecular weight is 654 g/mol. The van der Waals surface area contributed by atoms with Crippen LogP contribution in [-0.4, -0.2) is 66.2 Å². The van der Waals surface area contributed by atoms with Crippen molar-refractivity contribution in [2.24, 2.45) is 0 Å². The van der Waals surface area contributed by atoms with Crippen LogP contribution in [0.15, 0.2) is 79.0 Å². The molecule has 2 atom stereocenters. The van der Waals surface area contributed by atoms with Crippen molar-refractivity contribution in [2.45, 2.75) is 50.6 Å². The number of carbonyl (C=O) groups is 3. The lowest BCUT2D eigenvalue weighted by atomic mass is 9.91. The summed E-state index contributed by atoms with van der Waals surface area (Å²) in [5.74, 6) is -2.70. The van der Waals surface area contributed by atoms with E-state index in [0.717, 1.165) is 16.5 Å². The van der Waals surface area contributed by atoms with Gasteiger partial charge in [-0.1, -0.05) is 37.3 Å². The molecule has 0 spiro atoms. The van der Waals surface area contributed by atoms with Crippen LogP contribution in [0.4, 0.5) is 28.0 Å². The molecule has 9 nitrogen and oxygen atoms in total. The number of likely N-dealkylation sites (N-methyl/N-ethyl adjacent to an activating group) is 1. The number of benzene rings is 3. The van der Waals surface area contributed by atoms with E-state index in [9.17, 15) is 31.9 Å². The van der Waals surface area contributed by atoms with Crippen LogP contribution >= 0.6 is 0 Å². The van der Waals surface area contributed by atoms with Crippen molar-refractivity contribution < 1.29 is 36.7 Å². The molecule has 4 amide bonds. The van der Waals surface area contributed by atoms with Gasteiger partial charge in [0.15, 0.2) is 0 Å². The lowest BCUT2D eigenvalue weighted by molar-refractivity contribution is -0.173. The number of nitrogens with one attached hydrogen (secondary N) is 3. The fourth-order valence-corrected chi connectivity index (χ4v) is 5.61. The van der Waals surface area contributed by atoms with E-state index in [1.807, 2.05) is 42.7 Å². The standard InChI is InChI=1S/C34H35F4N5O4/c1-21(28-20-39-29-6-4-3-5-27(28)29)30(31(44)42(2)24-11-7-22(8-12-24)19-40-32(45)34(36,37)38)41-33(46)43-17-15-26(16-18-43)47-25-13-9-23(35)10-14-25/h3-14,20-21,26,30,39H,15-19H2,1-2H3,(H,40,45)(H,41,46). The zero-order valence-electron chi connectivity index (χ0n) is 25.8. The summed E-state index contributed by atoms with van der Waals surface area (Å²) in [5, 5.41) is 5.70. The molecule has 0 saturated carbocycles. The molecule has 4 aromatic rings. The molecule has 1 aliphatic heterocycles. The van der Waals surface area contributed by atoms with Gasteiger partial charge in [0.25, 0.3) is 0 Å². The third-order valence-electron chi connectivity index (χ3n) is 8.37. The Morgan fingerprint density at radius 2 is 1.66 bits per heavy atom. The van der Waals surface area contributed by atoms with Gasteiger partial charge in [-0.25, -0.2) is 9.18 Å². The van der Waals surface area contributed by atoms with Gasteiger partial charge < -0.3 is 30.2 Å². The molecular weight excluding hydrogens is 618 g/mol. The number of urea groups is 1. The Hall–Kier alpha value is -5.07. The van der Waals surface area contributed by atoms with Gasteiger partial charge in [0, 0.05) is 68.2 Å². The second kappa shape index (κ2) is 14.1. The number of nitrogens with zero attached hydrogens (tertiary/aromatic N) is 2. The first-order valence-electron chi connectivity index (χ1n) is 15.2. The maximum Gasteiger partial charge on any atom is 0.471 e. The van der Waals surface area contributed by atoms with Crippen LogP contribution < -0.4 is 20.3 Å². The molecule has 2 heterocycles. The number of hydrogen-bond acceptors (Lipinski definition) is 4. The van der Waals surface area contributed by atoms with Crippen LogP contribution in [0.5, 0.6) is 5.75 Å². The number of para-hydroxylation sites is 1. The van der Waals surface area contributed by atoms with Crippen molar-refractivity contribution in [3.63, 3.8) is 0 Å². The van der Waals surface area contributed by atoms with Gasteiger partial charge in [-0.2, -0.15) is 13.2 Å². The molecule has 248 valence electrons. The molecule has 2 unspecified atom stereocenters. The van der Waals surface area contributed by atoms with Crippen LogP contribution in [-0.2, 0) is 16.1 Å². The molecule has 5 rings (SSSR count). The van der Waals surface area contributed by atoms with Crippen LogP contribution in [0, 0.1) is 5.82 Å². The average Bonchev–Trinajstić information content (AvgIpc) is 3.50. The van der Waals surface area contributed by atoms with Crippen molar-refractivity contribution in [1.82, 2.24) is 20.5 Å². The van der Waals surface area contributed by atoms with E-state index in [1.54, 1.807) is 36.2 Å². The molecule has 1 fully saturated rings. The summed E-state index contributed by atoms with van der Waals surface area (Å²) < 4.78 is 56.9. The summed E-state index contributed by atoms with van der Waals surface area (Å²) in [5.41, 5.74) is 2.59. The van der Waals surface area contributed by atoms with Crippen LogP contribution in [0.2, 0.25) is 0 Å². The van der Waals surface area contributed by atoms with Crippen LogP contribution in [0.25, 0.3) is 10.9 Å². The number of halogens is 4. The quantitative estimate of drug-likeness (QED) is 0.197. The molecule has 3 N–H and O–H groups in total. The van der Waals surface area contributed by atoms with Gasteiger partial charge in [0.05, 0.1) is 0 Å².